The summed E-state index contributed by atoms with van der Waals surface area (Å²) >= 11 is 0. The molecule has 1 amide bonds. The first-order valence-electron chi connectivity index (χ1n) is 6.97. The lowest BCUT2D eigenvalue weighted by Gasteiger charge is -2.07. The Morgan fingerprint density at radius 2 is 2.21 bits per heavy atom. The number of hydrogen-bond acceptors (Lipinski definition) is 4. The number of hydrogen-bond donors (Lipinski definition) is 3. The van der Waals surface area contributed by atoms with Crippen molar-refractivity contribution in [2.75, 3.05) is 31.5 Å². The Labute approximate surface area is 114 Å². The smallest absolute Gasteiger partial charge is 0.233 e. The number of nitrogens with zero attached hydrogens (tertiary/aromatic N) is 1. The molecule has 104 valence electrons. The first kappa shape index (κ1) is 13.8. The normalized spacial score (nSPS) is 14.1. The van der Waals surface area contributed by atoms with E-state index in [2.05, 4.69) is 20.9 Å². The minimum Gasteiger partial charge on any atom is -0.370 e. The van der Waals surface area contributed by atoms with Gasteiger partial charge in [0.1, 0.15) is 5.82 Å². The van der Waals surface area contributed by atoms with Crippen LogP contribution in [0.15, 0.2) is 24.4 Å². The molecule has 1 saturated carbocycles. The highest BCUT2D eigenvalue weighted by molar-refractivity contribution is 5.77. The minimum absolute atomic E-state index is 0.0819. The molecule has 1 aromatic heterocycles. The predicted octanol–water partition coefficient (Wildman–Crippen LogP) is 0.999. The third kappa shape index (κ3) is 6.20. The molecule has 1 aliphatic rings. The zero-order valence-corrected chi connectivity index (χ0v) is 11.2. The van der Waals surface area contributed by atoms with E-state index >= 15 is 0 Å². The zero-order valence-electron chi connectivity index (χ0n) is 11.2. The summed E-state index contributed by atoms with van der Waals surface area (Å²) in [5.41, 5.74) is 0. The van der Waals surface area contributed by atoms with Crippen molar-refractivity contribution in [3.05, 3.63) is 24.4 Å². The molecular weight excluding hydrogens is 240 g/mol. The molecule has 0 saturated heterocycles. The van der Waals surface area contributed by atoms with Crippen molar-refractivity contribution in [3.8, 4) is 0 Å². The van der Waals surface area contributed by atoms with Crippen LogP contribution in [0.1, 0.15) is 19.3 Å². The number of aromatic nitrogens is 1. The fraction of sp³-hybridized carbons (Fsp3) is 0.571. The van der Waals surface area contributed by atoms with Gasteiger partial charge in [-0.1, -0.05) is 6.07 Å². The van der Waals surface area contributed by atoms with Crippen molar-refractivity contribution in [1.82, 2.24) is 15.6 Å². The van der Waals surface area contributed by atoms with Gasteiger partial charge in [-0.3, -0.25) is 4.79 Å². The Morgan fingerprint density at radius 1 is 1.32 bits per heavy atom. The van der Waals surface area contributed by atoms with Gasteiger partial charge in [-0.15, -0.1) is 0 Å². The van der Waals surface area contributed by atoms with Crippen molar-refractivity contribution in [2.45, 2.75) is 19.3 Å². The van der Waals surface area contributed by atoms with E-state index in [1.807, 2.05) is 18.2 Å². The minimum atomic E-state index is 0.0819. The van der Waals surface area contributed by atoms with Gasteiger partial charge < -0.3 is 16.0 Å². The van der Waals surface area contributed by atoms with Crippen LogP contribution < -0.4 is 16.0 Å². The van der Waals surface area contributed by atoms with Gasteiger partial charge in [0.15, 0.2) is 0 Å². The third-order valence-electron chi connectivity index (χ3n) is 3.06. The van der Waals surface area contributed by atoms with Crippen molar-refractivity contribution in [2.24, 2.45) is 5.92 Å². The Kier molecular flexibility index (Phi) is 5.62. The van der Waals surface area contributed by atoms with Crippen LogP contribution in [0.2, 0.25) is 0 Å². The molecule has 1 aliphatic carbocycles. The summed E-state index contributed by atoms with van der Waals surface area (Å²) in [6.45, 7) is 2.93. The lowest BCUT2D eigenvalue weighted by Crippen LogP contribution is -2.35. The van der Waals surface area contributed by atoms with E-state index in [1.165, 1.54) is 12.8 Å². The molecular formula is C14H22N4O. The number of amides is 1. The molecule has 5 heteroatoms. The van der Waals surface area contributed by atoms with Crippen LogP contribution in [-0.2, 0) is 4.79 Å². The van der Waals surface area contributed by atoms with E-state index < -0.39 is 0 Å². The molecule has 19 heavy (non-hydrogen) atoms. The lowest BCUT2D eigenvalue weighted by atomic mass is 10.4. The second-order valence-corrected chi connectivity index (χ2v) is 4.92. The lowest BCUT2D eigenvalue weighted by molar-refractivity contribution is -0.120. The van der Waals surface area contributed by atoms with E-state index in [0.717, 1.165) is 31.2 Å². The molecule has 0 bridgehead atoms. The first-order chi connectivity index (χ1) is 9.34. The van der Waals surface area contributed by atoms with Crippen LogP contribution in [0, 0.1) is 5.92 Å². The highest BCUT2D eigenvalue weighted by Crippen LogP contribution is 2.27. The quantitative estimate of drug-likeness (QED) is 0.581. The summed E-state index contributed by atoms with van der Waals surface area (Å²) in [6.07, 6.45) is 5.28. The van der Waals surface area contributed by atoms with Gasteiger partial charge >= 0.3 is 0 Å². The Hall–Kier alpha value is -1.62. The number of nitrogens with one attached hydrogen (secondary N) is 3. The van der Waals surface area contributed by atoms with Gasteiger partial charge in [-0.25, -0.2) is 4.98 Å². The molecule has 1 fully saturated rings. The summed E-state index contributed by atoms with van der Waals surface area (Å²) in [5, 5.41) is 9.28. The summed E-state index contributed by atoms with van der Waals surface area (Å²) in [4.78, 5) is 15.6. The van der Waals surface area contributed by atoms with E-state index in [1.54, 1.807) is 6.20 Å². The van der Waals surface area contributed by atoms with Crippen LogP contribution in [0.3, 0.4) is 0 Å². The average molecular weight is 262 g/mol. The zero-order chi connectivity index (χ0) is 13.3. The van der Waals surface area contributed by atoms with Gasteiger partial charge in [0.05, 0.1) is 6.54 Å². The SMILES string of the molecule is O=C(CNCC1CC1)NCCCNc1ccccn1. The standard InChI is InChI=1S/C14H22N4O/c19-14(11-15-10-12-5-6-12)18-9-3-8-17-13-4-1-2-7-16-13/h1-2,4,7,12,15H,3,5-6,8-11H2,(H,16,17)(H,18,19). The van der Waals surface area contributed by atoms with Gasteiger partial charge in [-0.2, -0.15) is 0 Å². The molecule has 0 aromatic carbocycles. The Balaban J connectivity index is 1.43. The molecule has 2 rings (SSSR count). The van der Waals surface area contributed by atoms with Crippen LogP contribution in [0.4, 0.5) is 5.82 Å². The highest BCUT2D eigenvalue weighted by Gasteiger charge is 2.20. The maximum Gasteiger partial charge on any atom is 0.233 e. The summed E-state index contributed by atoms with van der Waals surface area (Å²) in [6, 6.07) is 5.77. The number of pyridine rings is 1. The maximum atomic E-state index is 11.5. The van der Waals surface area contributed by atoms with E-state index in [4.69, 9.17) is 0 Å². The third-order valence-corrected chi connectivity index (χ3v) is 3.06. The first-order valence-corrected chi connectivity index (χ1v) is 6.97. The second kappa shape index (κ2) is 7.74. The van der Waals surface area contributed by atoms with Gasteiger partial charge in [0.2, 0.25) is 5.91 Å². The number of carbonyl (C=O) groups excluding carboxylic acids is 1. The molecule has 0 unspecified atom stereocenters. The van der Waals surface area contributed by atoms with Crippen LogP contribution in [0.5, 0.6) is 0 Å². The molecule has 0 radical (unpaired) electrons. The Bertz CT molecular complexity index is 378. The largest absolute Gasteiger partial charge is 0.370 e. The molecule has 0 aliphatic heterocycles. The van der Waals surface area contributed by atoms with Crippen LogP contribution in [-0.4, -0.2) is 37.1 Å². The number of anilines is 1. The molecule has 1 heterocycles. The second-order valence-electron chi connectivity index (χ2n) is 4.92. The van der Waals surface area contributed by atoms with E-state index in [9.17, 15) is 4.79 Å². The maximum absolute atomic E-state index is 11.5. The van der Waals surface area contributed by atoms with Crippen molar-refractivity contribution >= 4 is 11.7 Å². The van der Waals surface area contributed by atoms with Gasteiger partial charge in [0, 0.05) is 19.3 Å². The molecule has 3 N–H and O–H groups in total. The summed E-state index contributed by atoms with van der Waals surface area (Å²) in [5.74, 6) is 1.77. The molecule has 5 nitrogen and oxygen atoms in total. The van der Waals surface area contributed by atoms with Crippen molar-refractivity contribution in [1.29, 1.82) is 0 Å². The fourth-order valence-corrected chi connectivity index (χ4v) is 1.77. The highest BCUT2D eigenvalue weighted by atomic mass is 16.1. The topological polar surface area (TPSA) is 66.1 Å². The van der Waals surface area contributed by atoms with Gasteiger partial charge in [0.25, 0.3) is 0 Å². The van der Waals surface area contributed by atoms with Crippen molar-refractivity contribution < 1.29 is 4.79 Å². The predicted molar refractivity (Wildman–Crippen MR) is 75.9 cm³/mol. The molecule has 1 aromatic rings. The molecule has 0 atom stereocenters. The summed E-state index contributed by atoms with van der Waals surface area (Å²) in [7, 11) is 0. The molecule has 0 spiro atoms. The Morgan fingerprint density at radius 3 is 2.95 bits per heavy atom. The van der Waals surface area contributed by atoms with E-state index in [0.29, 0.717) is 13.1 Å². The van der Waals surface area contributed by atoms with Gasteiger partial charge in [-0.05, 0) is 43.9 Å². The van der Waals surface area contributed by atoms with E-state index in [-0.39, 0.29) is 5.91 Å². The monoisotopic (exact) mass is 262 g/mol. The van der Waals surface area contributed by atoms with Crippen LogP contribution >= 0.6 is 0 Å². The van der Waals surface area contributed by atoms with Crippen LogP contribution in [0.25, 0.3) is 0 Å². The summed E-state index contributed by atoms with van der Waals surface area (Å²) < 4.78 is 0. The number of carbonyl (C=O) groups is 1. The van der Waals surface area contributed by atoms with Crippen molar-refractivity contribution in [3.63, 3.8) is 0 Å². The average Bonchev–Trinajstić information content (AvgIpc) is 3.24. The fourth-order valence-electron chi connectivity index (χ4n) is 1.77. The number of rotatable bonds is 9.